The van der Waals surface area contributed by atoms with E-state index in [9.17, 15) is 4.79 Å². The second kappa shape index (κ2) is 4.23. The molecule has 0 aromatic heterocycles. The fourth-order valence-corrected chi connectivity index (χ4v) is 2.10. The quantitative estimate of drug-likeness (QED) is 0.671. The number of nitrogens with zero attached hydrogens (tertiary/aromatic N) is 1. The van der Waals surface area contributed by atoms with Crippen LogP contribution in [-0.4, -0.2) is 17.8 Å². The summed E-state index contributed by atoms with van der Waals surface area (Å²) in [6.07, 6.45) is 2.07. The van der Waals surface area contributed by atoms with Gasteiger partial charge in [-0.2, -0.15) is 0 Å². The van der Waals surface area contributed by atoms with Gasteiger partial charge in [-0.05, 0) is 31.4 Å². The summed E-state index contributed by atoms with van der Waals surface area (Å²) in [5.41, 5.74) is 2.27. The molecule has 80 valence electrons. The molecule has 2 nitrogen and oxygen atoms in total. The highest BCUT2D eigenvalue weighted by Crippen LogP contribution is 2.27. The Labute approximate surface area is 94.8 Å². The third-order valence-electron chi connectivity index (χ3n) is 2.72. The number of para-hydroxylation sites is 1. The highest BCUT2D eigenvalue weighted by Gasteiger charge is 2.24. The van der Waals surface area contributed by atoms with E-state index in [-0.39, 0.29) is 5.91 Å². The monoisotopic (exact) mass is 223 g/mol. The Bertz CT molecular complexity index is 376. The molecule has 1 atom stereocenters. The molecule has 3 heteroatoms. The van der Waals surface area contributed by atoms with Gasteiger partial charge in [0.2, 0.25) is 5.91 Å². The van der Waals surface area contributed by atoms with E-state index in [4.69, 9.17) is 11.6 Å². The number of hydrogen-bond donors (Lipinski definition) is 0. The van der Waals surface area contributed by atoms with Crippen molar-refractivity contribution in [2.45, 2.75) is 25.1 Å². The van der Waals surface area contributed by atoms with Crippen molar-refractivity contribution in [2.75, 3.05) is 11.4 Å². The maximum atomic E-state index is 11.9. The molecule has 1 heterocycles. The van der Waals surface area contributed by atoms with Crippen molar-refractivity contribution in [1.82, 2.24) is 0 Å². The van der Waals surface area contributed by atoms with Crippen LogP contribution in [0, 0.1) is 0 Å². The second-order valence-electron chi connectivity index (χ2n) is 3.84. The molecule has 2 rings (SSSR count). The van der Waals surface area contributed by atoms with Gasteiger partial charge in [-0.15, -0.1) is 11.6 Å². The molecule has 0 saturated heterocycles. The fourth-order valence-electron chi connectivity index (χ4n) is 1.98. The second-order valence-corrected chi connectivity index (χ2v) is 4.49. The first kappa shape index (κ1) is 10.5. The summed E-state index contributed by atoms with van der Waals surface area (Å²) in [5.74, 6) is 0.00353. The number of fused-ring (bicyclic) bond motifs is 1. The molecule has 0 saturated carbocycles. The average Bonchev–Trinajstić information content (AvgIpc) is 2.27. The molecule has 0 bridgehead atoms. The van der Waals surface area contributed by atoms with E-state index in [0.29, 0.717) is 0 Å². The Morgan fingerprint density at radius 2 is 2.20 bits per heavy atom. The van der Waals surface area contributed by atoms with E-state index in [0.717, 1.165) is 25.1 Å². The van der Waals surface area contributed by atoms with Crippen LogP contribution in [0.3, 0.4) is 0 Å². The first-order valence-electron chi connectivity index (χ1n) is 5.23. The largest absolute Gasteiger partial charge is 0.311 e. The van der Waals surface area contributed by atoms with E-state index in [1.165, 1.54) is 5.56 Å². The van der Waals surface area contributed by atoms with Crippen LogP contribution in [-0.2, 0) is 11.2 Å². The van der Waals surface area contributed by atoms with Crippen LogP contribution in [0.25, 0.3) is 0 Å². The number of carbonyl (C=O) groups is 1. The third kappa shape index (κ3) is 2.00. The van der Waals surface area contributed by atoms with E-state index in [1.54, 1.807) is 11.8 Å². The Morgan fingerprint density at radius 1 is 1.47 bits per heavy atom. The van der Waals surface area contributed by atoms with Gasteiger partial charge >= 0.3 is 0 Å². The van der Waals surface area contributed by atoms with Crippen LogP contribution < -0.4 is 4.90 Å². The van der Waals surface area contributed by atoms with Gasteiger partial charge < -0.3 is 4.90 Å². The van der Waals surface area contributed by atoms with Crippen molar-refractivity contribution in [1.29, 1.82) is 0 Å². The van der Waals surface area contributed by atoms with Gasteiger partial charge in [0.1, 0.15) is 5.38 Å². The number of anilines is 1. The standard InChI is InChI=1S/C12H14ClNO/c1-9(13)12(15)14-8-4-6-10-5-2-3-7-11(10)14/h2-3,5,7,9H,4,6,8H2,1H3/t9-/m1/s1. The van der Waals surface area contributed by atoms with Crippen molar-refractivity contribution < 1.29 is 4.79 Å². The van der Waals surface area contributed by atoms with Gasteiger partial charge in [0, 0.05) is 12.2 Å². The molecule has 0 radical (unpaired) electrons. The zero-order valence-corrected chi connectivity index (χ0v) is 9.50. The zero-order valence-electron chi connectivity index (χ0n) is 8.74. The van der Waals surface area contributed by atoms with Gasteiger partial charge in [0.25, 0.3) is 0 Å². The predicted molar refractivity (Wildman–Crippen MR) is 62.4 cm³/mol. The predicted octanol–water partition coefficient (Wildman–Crippen LogP) is 2.59. The Morgan fingerprint density at radius 3 is 2.93 bits per heavy atom. The number of halogens is 1. The molecule has 0 spiro atoms. The van der Waals surface area contributed by atoms with Gasteiger partial charge in [-0.3, -0.25) is 4.79 Å². The maximum Gasteiger partial charge on any atom is 0.244 e. The fraction of sp³-hybridized carbons (Fsp3) is 0.417. The molecule has 1 aliphatic rings. The number of hydrogen-bond acceptors (Lipinski definition) is 1. The number of rotatable bonds is 1. The van der Waals surface area contributed by atoms with Gasteiger partial charge in [-0.25, -0.2) is 0 Å². The first-order chi connectivity index (χ1) is 7.20. The molecule has 0 unspecified atom stereocenters. The minimum absolute atomic E-state index is 0.00353. The molecule has 15 heavy (non-hydrogen) atoms. The van der Waals surface area contributed by atoms with Crippen molar-refractivity contribution in [3.8, 4) is 0 Å². The molecular formula is C12H14ClNO. The van der Waals surface area contributed by atoms with Gasteiger partial charge in [0.15, 0.2) is 0 Å². The summed E-state index contributed by atoms with van der Waals surface area (Å²) in [7, 11) is 0. The van der Waals surface area contributed by atoms with Crippen molar-refractivity contribution in [3.05, 3.63) is 29.8 Å². The van der Waals surface area contributed by atoms with E-state index < -0.39 is 5.38 Å². The number of benzene rings is 1. The Kier molecular flexibility index (Phi) is 2.96. The average molecular weight is 224 g/mol. The Hall–Kier alpha value is -1.02. The van der Waals surface area contributed by atoms with Crippen LogP contribution in [0.1, 0.15) is 18.9 Å². The molecule has 0 N–H and O–H groups in total. The highest BCUT2D eigenvalue weighted by atomic mass is 35.5. The molecule has 1 aromatic rings. The SMILES string of the molecule is C[C@@H](Cl)C(=O)N1CCCc2ccccc21. The summed E-state index contributed by atoms with van der Waals surface area (Å²) in [5, 5.41) is -0.448. The number of aryl methyl sites for hydroxylation is 1. The maximum absolute atomic E-state index is 11.9. The van der Waals surface area contributed by atoms with Crippen LogP contribution in [0.5, 0.6) is 0 Å². The number of carbonyl (C=O) groups excluding carboxylic acids is 1. The van der Waals surface area contributed by atoms with E-state index in [2.05, 4.69) is 6.07 Å². The zero-order chi connectivity index (χ0) is 10.8. The first-order valence-corrected chi connectivity index (χ1v) is 5.67. The third-order valence-corrected chi connectivity index (χ3v) is 2.90. The van der Waals surface area contributed by atoms with Crippen LogP contribution in [0.2, 0.25) is 0 Å². The van der Waals surface area contributed by atoms with Crippen molar-refractivity contribution in [3.63, 3.8) is 0 Å². The minimum Gasteiger partial charge on any atom is -0.311 e. The topological polar surface area (TPSA) is 20.3 Å². The smallest absolute Gasteiger partial charge is 0.244 e. The summed E-state index contributed by atoms with van der Waals surface area (Å²) < 4.78 is 0. The van der Waals surface area contributed by atoms with Crippen LogP contribution >= 0.6 is 11.6 Å². The molecule has 0 fully saturated rings. The molecular weight excluding hydrogens is 210 g/mol. The van der Waals surface area contributed by atoms with Crippen LogP contribution in [0.4, 0.5) is 5.69 Å². The Balaban J connectivity index is 2.34. The van der Waals surface area contributed by atoms with E-state index in [1.807, 2.05) is 18.2 Å². The molecule has 1 amide bonds. The lowest BCUT2D eigenvalue weighted by molar-refractivity contribution is -0.118. The lowest BCUT2D eigenvalue weighted by Gasteiger charge is -2.30. The normalized spacial score (nSPS) is 17.1. The van der Waals surface area contributed by atoms with Crippen molar-refractivity contribution >= 4 is 23.2 Å². The van der Waals surface area contributed by atoms with Crippen molar-refractivity contribution in [2.24, 2.45) is 0 Å². The highest BCUT2D eigenvalue weighted by molar-refractivity contribution is 6.32. The van der Waals surface area contributed by atoms with Gasteiger partial charge in [0.05, 0.1) is 0 Å². The van der Waals surface area contributed by atoms with Gasteiger partial charge in [-0.1, -0.05) is 18.2 Å². The number of amides is 1. The lowest BCUT2D eigenvalue weighted by Crippen LogP contribution is -2.39. The van der Waals surface area contributed by atoms with Crippen LogP contribution in [0.15, 0.2) is 24.3 Å². The minimum atomic E-state index is -0.448. The lowest BCUT2D eigenvalue weighted by atomic mass is 10.0. The summed E-state index contributed by atoms with van der Waals surface area (Å²) in [6, 6.07) is 8.04. The summed E-state index contributed by atoms with van der Waals surface area (Å²) in [6.45, 7) is 2.51. The molecule has 0 aliphatic carbocycles. The molecule has 1 aliphatic heterocycles. The number of alkyl halides is 1. The summed E-state index contributed by atoms with van der Waals surface area (Å²) in [4.78, 5) is 13.7. The summed E-state index contributed by atoms with van der Waals surface area (Å²) >= 11 is 5.84. The molecule has 1 aromatic carbocycles. The van der Waals surface area contributed by atoms with E-state index >= 15 is 0 Å².